The van der Waals surface area contributed by atoms with Crippen LogP contribution in [0, 0.1) is 11.2 Å². The molecule has 6 nitrogen and oxygen atoms in total. The molecule has 2 amide bonds. The maximum absolute atomic E-state index is 13.6. The van der Waals surface area contributed by atoms with Crippen molar-refractivity contribution in [1.82, 2.24) is 5.32 Å². The van der Waals surface area contributed by atoms with Crippen molar-refractivity contribution >= 4 is 40.4 Å². The fourth-order valence-corrected chi connectivity index (χ4v) is 3.40. The summed E-state index contributed by atoms with van der Waals surface area (Å²) in [4.78, 5) is 23.0. The van der Waals surface area contributed by atoms with Crippen molar-refractivity contribution in [2.75, 3.05) is 0 Å². The molecule has 0 saturated heterocycles. The Kier molecular flexibility index (Phi) is 7.95. The molecule has 4 rings (SSSR count). The van der Waals surface area contributed by atoms with Crippen molar-refractivity contribution in [1.29, 1.82) is 5.41 Å². The third-order valence-electron chi connectivity index (χ3n) is 4.99. The number of nitrogens with one attached hydrogen (secondary N) is 2. The van der Waals surface area contributed by atoms with Crippen LogP contribution in [-0.2, 0) is 6.54 Å². The first-order chi connectivity index (χ1) is 16.3. The van der Waals surface area contributed by atoms with E-state index in [0.717, 1.165) is 16.3 Å². The number of carbonyl (C=O) groups is 2. The minimum absolute atomic E-state index is 0.0586. The molecule has 0 atom stereocenters. The number of benzene rings is 4. The highest BCUT2D eigenvalue weighted by atomic mass is 35.5. The standard InChI is InChI=1S/C19H15FN2O.C7H6ClNO2/c20-18-8-4-1-5-14(18)12-22-19(23)17-10-9-13(11-21)15-6-2-3-7-16(15)17;8-5-3-4(7(9)11)1-2-6(5)10/h1-11,21H,12H2,(H,22,23);1-3,10H,(H2,9,11). The topological polar surface area (TPSA) is 116 Å². The summed E-state index contributed by atoms with van der Waals surface area (Å²) in [5.74, 6) is -1.22. The van der Waals surface area contributed by atoms with E-state index in [2.05, 4.69) is 5.32 Å². The van der Waals surface area contributed by atoms with Gasteiger partial charge < -0.3 is 21.6 Å². The molecule has 0 heterocycles. The summed E-state index contributed by atoms with van der Waals surface area (Å²) >= 11 is 5.50. The van der Waals surface area contributed by atoms with Gasteiger partial charge in [0.15, 0.2) is 0 Å². The number of phenolic OH excluding ortho intramolecular Hbond substituents is 1. The van der Waals surface area contributed by atoms with Crippen LogP contribution in [0.4, 0.5) is 4.39 Å². The van der Waals surface area contributed by atoms with E-state index in [9.17, 15) is 14.0 Å². The maximum Gasteiger partial charge on any atom is 0.252 e. The molecule has 5 N–H and O–H groups in total. The highest BCUT2D eigenvalue weighted by molar-refractivity contribution is 6.32. The van der Waals surface area contributed by atoms with Gasteiger partial charge in [0.1, 0.15) is 11.6 Å². The number of amides is 2. The van der Waals surface area contributed by atoms with Crippen molar-refractivity contribution in [3.8, 4) is 5.75 Å². The molecular weight excluding hydrogens is 457 g/mol. The Labute approximate surface area is 200 Å². The highest BCUT2D eigenvalue weighted by Gasteiger charge is 2.12. The lowest BCUT2D eigenvalue weighted by Crippen LogP contribution is -2.23. The molecule has 172 valence electrons. The third-order valence-corrected chi connectivity index (χ3v) is 5.29. The minimum atomic E-state index is -0.563. The first-order valence-corrected chi connectivity index (χ1v) is 10.5. The summed E-state index contributed by atoms with van der Waals surface area (Å²) in [6, 6.07) is 21.3. The van der Waals surface area contributed by atoms with Gasteiger partial charge in [-0.3, -0.25) is 9.59 Å². The fourth-order valence-electron chi connectivity index (χ4n) is 3.22. The predicted molar refractivity (Wildman–Crippen MR) is 131 cm³/mol. The second-order valence-electron chi connectivity index (χ2n) is 7.20. The van der Waals surface area contributed by atoms with Gasteiger partial charge in [-0.1, -0.05) is 60.1 Å². The van der Waals surface area contributed by atoms with E-state index in [1.54, 1.807) is 30.3 Å². The molecule has 0 aromatic heterocycles. The monoisotopic (exact) mass is 477 g/mol. The van der Waals surface area contributed by atoms with E-state index >= 15 is 0 Å². The molecule has 0 radical (unpaired) electrons. The van der Waals surface area contributed by atoms with Gasteiger partial charge in [0, 0.05) is 29.4 Å². The van der Waals surface area contributed by atoms with Gasteiger partial charge in [-0.15, -0.1) is 0 Å². The number of primary amides is 1. The zero-order valence-electron chi connectivity index (χ0n) is 17.9. The molecule has 0 aliphatic carbocycles. The summed E-state index contributed by atoms with van der Waals surface area (Å²) in [6.45, 7) is 0.131. The summed E-state index contributed by atoms with van der Waals surface area (Å²) in [7, 11) is 0. The average Bonchev–Trinajstić information content (AvgIpc) is 2.84. The van der Waals surface area contributed by atoms with Crippen molar-refractivity contribution in [3.63, 3.8) is 0 Å². The Morgan fingerprint density at radius 1 is 1.00 bits per heavy atom. The quantitative estimate of drug-likeness (QED) is 0.301. The molecule has 0 spiro atoms. The summed E-state index contributed by atoms with van der Waals surface area (Å²) in [6.07, 6.45) is 1.27. The van der Waals surface area contributed by atoms with E-state index in [1.165, 1.54) is 30.5 Å². The lowest BCUT2D eigenvalue weighted by Gasteiger charge is -2.10. The number of nitrogens with two attached hydrogens (primary N) is 1. The molecular formula is C26H21ClFN3O3. The SMILES string of the molecule is N=Cc1ccc(C(=O)NCc2ccccc2F)c2ccccc12.NC(=O)c1ccc(O)c(Cl)c1. The Bertz CT molecular complexity index is 1370. The van der Waals surface area contributed by atoms with Gasteiger partial charge in [0.05, 0.1) is 5.02 Å². The number of rotatable bonds is 5. The Morgan fingerprint density at radius 2 is 1.68 bits per heavy atom. The van der Waals surface area contributed by atoms with Gasteiger partial charge >= 0.3 is 0 Å². The van der Waals surface area contributed by atoms with E-state index in [-0.39, 0.29) is 34.6 Å². The van der Waals surface area contributed by atoms with E-state index in [1.807, 2.05) is 24.3 Å². The highest BCUT2D eigenvalue weighted by Crippen LogP contribution is 2.23. The van der Waals surface area contributed by atoms with Crippen LogP contribution in [0.3, 0.4) is 0 Å². The van der Waals surface area contributed by atoms with Gasteiger partial charge in [-0.05, 0) is 46.7 Å². The number of fused-ring (bicyclic) bond motifs is 1. The van der Waals surface area contributed by atoms with Crippen LogP contribution < -0.4 is 11.1 Å². The smallest absolute Gasteiger partial charge is 0.252 e. The fraction of sp³-hybridized carbons (Fsp3) is 0.0385. The minimum Gasteiger partial charge on any atom is -0.506 e. The number of carbonyl (C=O) groups excluding carboxylic acids is 2. The molecule has 0 saturated carbocycles. The number of halogens is 2. The van der Waals surface area contributed by atoms with Crippen LogP contribution in [0.1, 0.15) is 31.8 Å². The molecule has 34 heavy (non-hydrogen) atoms. The second kappa shape index (κ2) is 11.1. The first kappa shape index (κ1) is 24.4. The van der Waals surface area contributed by atoms with Crippen LogP contribution in [0.2, 0.25) is 5.02 Å². The zero-order valence-corrected chi connectivity index (χ0v) is 18.6. The van der Waals surface area contributed by atoms with Crippen molar-refractivity contribution < 1.29 is 19.1 Å². The zero-order chi connectivity index (χ0) is 24.7. The Balaban J connectivity index is 0.000000248. The number of phenols is 1. The molecule has 8 heteroatoms. The van der Waals surface area contributed by atoms with Crippen LogP contribution in [0.25, 0.3) is 10.8 Å². The lowest BCUT2D eigenvalue weighted by molar-refractivity contribution is 0.0951. The molecule has 0 fully saturated rings. The number of aromatic hydroxyl groups is 1. The predicted octanol–water partition coefficient (Wildman–Crippen LogP) is 5.05. The van der Waals surface area contributed by atoms with Crippen LogP contribution >= 0.6 is 11.6 Å². The molecule has 0 unspecified atom stereocenters. The van der Waals surface area contributed by atoms with Gasteiger partial charge in [0.2, 0.25) is 5.91 Å². The lowest BCUT2D eigenvalue weighted by atomic mass is 9.99. The Hall–Kier alpha value is -4.23. The van der Waals surface area contributed by atoms with Crippen LogP contribution in [0.15, 0.2) is 78.9 Å². The van der Waals surface area contributed by atoms with E-state index < -0.39 is 5.91 Å². The number of hydrogen-bond donors (Lipinski definition) is 4. The van der Waals surface area contributed by atoms with Crippen LogP contribution in [0.5, 0.6) is 5.75 Å². The molecule has 0 aliphatic heterocycles. The Morgan fingerprint density at radius 3 is 2.32 bits per heavy atom. The molecule has 0 bridgehead atoms. The average molecular weight is 478 g/mol. The van der Waals surface area contributed by atoms with Crippen molar-refractivity contribution in [2.45, 2.75) is 6.54 Å². The summed E-state index contributed by atoms with van der Waals surface area (Å²) < 4.78 is 13.6. The van der Waals surface area contributed by atoms with Gasteiger partial charge in [-0.2, -0.15) is 0 Å². The largest absolute Gasteiger partial charge is 0.506 e. The summed E-state index contributed by atoms with van der Waals surface area (Å²) in [5.41, 5.74) is 6.96. The van der Waals surface area contributed by atoms with Crippen molar-refractivity contribution in [2.24, 2.45) is 5.73 Å². The second-order valence-corrected chi connectivity index (χ2v) is 7.60. The molecule has 4 aromatic carbocycles. The first-order valence-electron chi connectivity index (χ1n) is 10.1. The van der Waals surface area contributed by atoms with Crippen molar-refractivity contribution in [3.05, 3.63) is 112 Å². The maximum atomic E-state index is 13.6. The normalized spacial score (nSPS) is 10.2. The number of hydrogen-bond acceptors (Lipinski definition) is 4. The third kappa shape index (κ3) is 5.76. The summed E-state index contributed by atoms with van der Waals surface area (Å²) in [5, 5.41) is 20.9. The van der Waals surface area contributed by atoms with Gasteiger partial charge in [-0.25, -0.2) is 4.39 Å². The van der Waals surface area contributed by atoms with E-state index in [4.69, 9.17) is 27.9 Å². The van der Waals surface area contributed by atoms with Crippen LogP contribution in [-0.4, -0.2) is 23.1 Å². The van der Waals surface area contributed by atoms with Gasteiger partial charge in [0.25, 0.3) is 5.91 Å². The molecule has 0 aliphatic rings. The van der Waals surface area contributed by atoms with E-state index in [0.29, 0.717) is 11.1 Å². The molecule has 4 aromatic rings.